The lowest BCUT2D eigenvalue weighted by Crippen LogP contribution is -2.09. The zero-order valence-corrected chi connectivity index (χ0v) is 9.04. The standard InChI is InChI=1S/C10H18O4/c1-8(4-6-13-9(2)11)5-7-14-10(3)12/h8H,4-7H2,1-3H3. The van der Waals surface area contributed by atoms with Crippen LogP contribution in [-0.4, -0.2) is 25.2 Å². The highest BCUT2D eigenvalue weighted by molar-refractivity contribution is 5.66. The van der Waals surface area contributed by atoms with Crippen LogP contribution in [0.1, 0.15) is 33.6 Å². The first-order valence-corrected chi connectivity index (χ1v) is 4.79. The average Bonchev–Trinajstić information content (AvgIpc) is 2.02. The minimum absolute atomic E-state index is 0.253. The summed E-state index contributed by atoms with van der Waals surface area (Å²) < 4.78 is 9.59. The summed E-state index contributed by atoms with van der Waals surface area (Å²) in [6, 6.07) is 0. The van der Waals surface area contributed by atoms with Gasteiger partial charge in [-0.05, 0) is 18.8 Å². The Morgan fingerprint density at radius 2 is 1.36 bits per heavy atom. The van der Waals surface area contributed by atoms with Gasteiger partial charge in [-0.15, -0.1) is 0 Å². The largest absolute Gasteiger partial charge is 0.466 e. The molecule has 0 saturated heterocycles. The van der Waals surface area contributed by atoms with Gasteiger partial charge in [-0.3, -0.25) is 9.59 Å². The van der Waals surface area contributed by atoms with Crippen LogP contribution in [0.3, 0.4) is 0 Å². The molecule has 0 heterocycles. The molecule has 0 aromatic heterocycles. The first-order chi connectivity index (χ1) is 6.52. The minimum atomic E-state index is -0.253. The first kappa shape index (κ1) is 12.9. The highest BCUT2D eigenvalue weighted by Crippen LogP contribution is 2.07. The zero-order chi connectivity index (χ0) is 11.0. The van der Waals surface area contributed by atoms with E-state index in [1.165, 1.54) is 13.8 Å². The van der Waals surface area contributed by atoms with E-state index in [4.69, 9.17) is 9.47 Å². The molecule has 0 amide bonds. The van der Waals surface area contributed by atoms with Gasteiger partial charge in [-0.1, -0.05) is 6.92 Å². The Hall–Kier alpha value is -1.06. The van der Waals surface area contributed by atoms with E-state index in [-0.39, 0.29) is 11.9 Å². The molecular weight excluding hydrogens is 184 g/mol. The van der Waals surface area contributed by atoms with Crippen LogP contribution in [0.25, 0.3) is 0 Å². The van der Waals surface area contributed by atoms with E-state index >= 15 is 0 Å². The number of esters is 2. The lowest BCUT2D eigenvalue weighted by molar-refractivity contribution is -0.141. The number of hydrogen-bond acceptors (Lipinski definition) is 4. The molecule has 0 aromatic carbocycles. The summed E-state index contributed by atoms with van der Waals surface area (Å²) in [6.45, 7) is 5.70. The molecule has 0 rings (SSSR count). The zero-order valence-electron chi connectivity index (χ0n) is 9.04. The molecule has 0 radical (unpaired) electrons. The monoisotopic (exact) mass is 202 g/mol. The normalized spacial score (nSPS) is 10.0. The molecule has 0 saturated carbocycles. The maximum atomic E-state index is 10.4. The van der Waals surface area contributed by atoms with Crippen LogP contribution in [0.15, 0.2) is 0 Å². The van der Waals surface area contributed by atoms with E-state index in [0.717, 1.165) is 12.8 Å². The van der Waals surface area contributed by atoms with Gasteiger partial charge >= 0.3 is 11.9 Å². The molecule has 0 spiro atoms. The van der Waals surface area contributed by atoms with Gasteiger partial charge in [0.15, 0.2) is 0 Å². The molecule has 0 aliphatic heterocycles. The van der Waals surface area contributed by atoms with Crippen molar-refractivity contribution in [3.63, 3.8) is 0 Å². The third-order valence-electron chi connectivity index (χ3n) is 1.83. The van der Waals surface area contributed by atoms with Crippen molar-refractivity contribution in [1.29, 1.82) is 0 Å². The van der Waals surface area contributed by atoms with E-state index in [1.54, 1.807) is 0 Å². The number of carbonyl (C=O) groups excluding carboxylic acids is 2. The summed E-state index contributed by atoms with van der Waals surface area (Å²) in [4.78, 5) is 20.9. The quantitative estimate of drug-likeness (QED) is 0.613. The molecule has 82 valence electrons. The molecule has 4 heteroatoms. The maximum Gasteiger partial charge on any atom is 0.302 e. The molecule has 14 heavy (non-hydrogen) atoms. The van der Waals surface area contributed by atoms with E-state index in [9.17, 15) is 9.59 Å². The van der Waals surface area contributed by atoms with Gasteiger partial charge < -0.3 is 9.47 Å². The van der Waals surface area contributed by atoms with Crippen LogP contribution < -0.4 is 0 Å². The Bertz CT molecular complexity index is 169. The number of ether oxygens (including phenoxy) is 2. The van der Waals surface area contributed by atoms with Crippen LogP contribution in [0, 0.1) is 5.92 Å². The molecule has 0 aliphatic carbocycles. The topological polar surface area (TPSA) is 52.6 Å². The minimum Gasteiger partial charge on any atom is -0.466 e. The van der Waals surface area contributed by atoms with Crippen molar-refractivity contribution in [2.75, 3.05) is 13.2 Å². The van der Waals surface area contributed by atoms with Crippen molar-refractivity contribution in [2.24, 2.45) is 5.92 Å². The van der Waals surface area contributed by atoms with Crippen LogP contribution in [0.4, 0.5) is 0 Å². The molecule has 4 nitrogen and oxygen atoms in total. The second-order valence-corrected chi connectivity index (χ2v) is 3.36. The van der Waals surface area contributed by atoms with Gasteiger partial charge in [-0.2, -0.15) is 0 Å². The fraction of sp³-hybridized carbons (Fsp3) is 0.800. The molecule has 0 unspecified atom stereocenters. The summed E-state index contributed by atoms with van der Waals surface area (Å²) in [5.74, 6) is -0.108. The average molecular weight is 202 g/mol. The maximum absolute atomic E-state index is 10.4. The molecule has 0 aliphatic rings. The Morgan fingerprint density at radius 1 is 1.00 bits per heavy atom. The van der Waals surface area contributed by atoms with E-state index in [1.807, 2.05) is 6.92 Å². The van der Waals surface area contributed by atoms with E-state index in [0.29, 0.717) is 19.1 Å². The number of carbonyl (C=O) groups is 2. The predicted octanol–water partition coefficient (Wildman–Crippen LogP) is 1.53. The van der Waals surface area contributed by atoms with Gasteiger partial charge in [0.2, 0.25) is 0 Å². The second-order valence-electron chi connectivity index (χ2n) is 3.36. The Morgan fingerprint density at radius 3 is 1.64 bits per heavy atom. The van der Waals surface area contributed by atoms with Crippen molar-refractivity contribution in [3.05, 3.63) is 0 Å². The Kier molecular flexibility index (Phi) is 6.80. The summed E-state index contributed by atoms with van der Waals surface area (Å²) in [7, 11) is 0. The lowest BCUT2D eigenvalue weighted by Gasteiger charge is -2.10. The molecule has 0 aromatic rings. The van der Waals surface area contributed by atoms with Gasteiger partial charge in [0.05, 0.1) is 13.2 Å². The van der Waals surface area contributed by atoms with E-state index < -0.39 is 0 Å². The molecule has 0 bridgehead atoms. The van der Waals surface area contributed by atoms with Crippen molar-refractivity contribution < 1.29 is 19.1 Å². The number of rotatable bonds is 6. The summed E-state index contributed by atoms with van der Waals surface area (Å²) in [5.41, 5.74) is 0. The third-order valence-corrected chi connectivity index (χ3v) is 1.83. The Balaban J connectivity index is 3.32. The lowest BCUT2D eigenvalue weighted by atomic mass is 10.1. The van der Waals surface area contributed by atoms with Gasteiger partial charge in [-0.25, -0.2) is 0 Å². The second kappa shape index (κ2) is 7.35. The van der Waals surface area contributed by atoms with Crippen LogP contribution >= 0.6 is 0 Å². The smallest absolute Gasteiger partial charge is 0.302 e. The van der Waals surface area contributed by atoms with Crippen molar-refractivity contribution in [3.8, 4) is 0 Å². The van der Waals surface area contributed by atoms with Crippen LogP contribution in [0.2, 0.25) is 0 Å². The molecule has 0 atom stereocenters. The van der Waals surface area contributed by atoms with Crippen molar-refractivity contribution in [1.82, 2.24) is 0 Å². The first-order valence-electron chi connectivity index (χ1n) is 4.79. The highest BCUT2D eigenvalue weighted by atomic mass is 16.5. The fourth-order valence-corrected chi connectivity index (χ4v) is 0.952. The van der Waals surface area contributed by atoms with E-state index in [2.05, 4.69) is 0 Å². The van der Waals surface area contributed by atoms with Crippen LogP contribution in [0.5, 0.6) is 0 Å². The van der Waals surface area contributed by atoms with Crippen LogP contribution in [-0.2, 0) is 19.1 Å². The number of hydrogen-bond donors (Lipinski definition) is 0. The third kappa shape index (κ3) is 9.03. The Labute approximate surface area is 84.6 Å². The SMILES string of the molecule is CC(=O)OCCC(C)CCOC(C)=O. The fourth-order valence-electron chi connectivity index (χ4n) is 0.952. The highest BCUT2D eigenvalue weighted by Gasteiger charge is 2.04. The molecule has 0 N–H and O–H groups in total. The van der Waals surface area contributed by atoms with Gasteiger partial charge in [0.25, 0.3) is 0 Å². The summed E-state index contributed by atoms with van der Waals surface area (Å²) >= 11 is 0. The molecule has 0 fully saturated rings. The van der Waals surface area contributed by atoms with Crippen molar-refractivity contribution in [2.45, 2.75) is 33.6 Å². The summed E-state index contributed by atoms with van der Waals surface area (Å²) in [5, 5.41) is 0. The van der Waals surface area contributed by atoms with Gasteiger partial charge in [0.1, 0.15) is 0 Å². The summed E-state index contributed by atoms with van der Waals surface area (Å²) in [6.07, 6.45) is 1.61. The van der Waals surface area contributed by atoms with Crippen molar-refractivity contribution >= 4 is 11.9 Å². The molecular formula is C10H18O4. The van der Waals surface area contributed by atoms with Gasteiger partial charge in [0, 0.05) is 13.8 Å². The predicted molar refractivity (Wildman–Crippen MR) is 51.7 cm³/mol.